The quantitative estimate of drug-likeness (QED) is 0.778. The summed E-state index contributed by atoms with van der Waals surface area (Å²) in [5.41, 5.74) is 1.57. The van der Waals surface area contributed by atoms with Crippen LogP contribution >= 0.6 is 0 Å². The van der Waals surface area contributed by atoms with Crippen molar-refractivity contribution in [1.29, 1.82) is 0 Å². The number of carboxylic acids is 2. The normalized spacial score (nSPS) is 12.5. The monoisotopic (exact) mass is 311 g/mol. The van der Waals surface area contributed by atoms with Crippen molar-refractivity contribution in [2.45, 2.75) is 34.1 Å². The van der Waals surface area contributed by atoms with Crippen molar-refractivity contribution in [3.63, 3.8) is 0 Å². The zero-order chi connectivity index (χ0) is 17.7. The van der Waals surface area contributed by atoms with Gasteiger partial charge < -0.3 is 14.9 Å². The second-order valence-corrected chi connectivity index (χ2v) is 4.35. The molecule has 0 aromatic heterocycles. The fraction of sp³-hybridized carbons (Fsp3) is 0.438. The van der Waals surface area contributed by atoms with E-state index < -0.39 is 11.9 Å². The van der Waals surface area contributed by atoms with E-state index in [1.54, 1.807) is 26.8 Å². The zero-order valence-electron chi connectivity index (χ0n) is 13.7. The van der Waals surface area contributed by atoms with Gasteiger partial charge in [-0.1, -0.05) is 26.2 Å². The van der Waals surface area contributed by atoms with Gasteiger partial charge in [0.1, 0.15) is 6.61 Å². The Bertz CT molecular complexity index is 475. The van der Waals surface area contributed by atoms with Gasteiger partial charge in [0.2, 0.25) is 5.90 Å². The molecule has 0 aromatic carbocycles. The van der Waals surface area contributed by atoms with E-state index in [9.17, 15) is 9.59 Å². The number of carboxylic acid groups (broad SMARTS) is 2. The lowest BCUT2D eigenvalue weighted by molar-refractivity contribution is -0.133. The third kappa shape index (κ3) is 11.5. The molecule has 0 radical (unpaired) electrons. The summed E-state index contributed by atoms with van der Waals surface area (Å²) in [7, 11) is 0. The molecule has 0 amide bonds. The predicted molar refractivity (Wildman–Crippen MR) is 87.2 cm³/mol. The SMILES string of the molecule is C=C(C)C1=NCCO1.C=C(CC)C(=O)O.CC=C(C)C(=O)O. The van der Waals surface area contributed by atoms with Gasteiger partial charge in [0.05, 0.1) is 6.54 Å². The van der Waals surface area contributed by atoms with Crippen molar-refractivity contribution in [2.24, 2.45) is 4.99 Å². The maximum Gasteiger partial charge on any atom is 0.330 e. The summed E-state index contributed by atoms with van der Waals surface area (Å²) in [6, 6.07) is 0. The Hall–Kier alpha value is -2.37. The van der Waals surface area contributed by atoms with Gasteiger partial charge in [0.25, 0.3) is 0 Å². The van der Waals surface area contributed by atoms with Gasteiger partial charge >= 0.3 is 11.9 Å². The van der Waals surface area contributed by atoms with Gasteiger partial charge in [-0.05, 0) is 27.2 Å². The van der Waals surface area contributed by atoms with Gasteiger partial charge in [-0.15, -0.1) is 0 Å². The van der Waals surface area contributed by atoms with Crippen LogP contribution in [-0.4, -0.2) is 41.2 Å². The van der Waals surface area contributed by atoms with Crippen molar-refractivity contribution < 1.29 is 24.5 Å². The molecular weight excluding hydrogens is 286 g/mol. The molecule has 0 bridgehead atoms. The Morgan fingerprint density at radius 1 is 1.27 bits per heavy atom. The summed E-state index contributed by atoms with van der Waals surface area (Å²) in [5, 5.41) is 16.2. The van der Waals surface area contributed by atoms with Crippen molar-refractivity contribution >= 4 is 17.8 Å². The lowest BCUT2D eigenvalue weighted by Gasteiger charge is -1.95. The number of hydrogen-bond acceptors (Lipinski definition) is 4. The number of aliphatic imine (C=N–C) groups is 1. The smallest absolute Gasteiger partial charge is 0.330 e. The molecule has 0 aromatic rings. The van der Waals surface area contributed by atoms with E-state index in [0.29, 0.717) is 12.0 Å². The summed E-state index contributed by atoms with van der Waals surface area (Å²) in [5.74, 6) is -1.02. The van der Waals surface area contributed by atoms with Crippen LogP contribution in [0.1, 0.15) is 34.1 Å². The highest BCUT2D eigenvalue weighted by Crippen LogP contribution is 2.01. The third-order valence-electron chi connectivity index (χ3n) is 2.45. The largest absolute Gasteiger partial charge is 0.478 e. The molecule has 1 rings (SSSR count). The van der Waals surface area contributed by atoms with Crippen LogP contribution in [0.2, 0.25) is 0 Å². The van der Waals surface area contributed by atoms with Crippen LogP contribution in [0.25, 0.3) is 0 Å². The van der Waals surface area contributed by atoms with Crippen LogP contribution in [0.15, 0.2) is 40.9 Å². The van der Waals surface area contributed by atoms with E-state index >= 15 is 0 Å². The first-order valence-corrected chi connectivity index (χ1v) is 6.77. The topological polar surface area (TPSA) is 96.2 Å². The molecule has 0 unspecified atom stereocenters. The van der Waals surface area contributed by atoms with Crippen molar-refractivity contribution in [1.82, 2.24) is 0 Å². The van der Waals surface area contributed by atoms with Gasteiger partial charge in [0, 0.05) is 16.7 Å². The third-order valence-corrected chi connectivity index (χ3v) is 2.45. The summed E-state index contributed by atoms with van der Waals surface area (Å²) in [6.07, 6.45) is 2.08. The molecule has 0 saturated heterocycles. The van der Waals surface area contributed by atoms with Gasteiger partial charge in [-0.2, -0.15) is 0 Å². The number of nitrogens with zero attached hydrogens (tertiary/aromatic N) is 1. The maximum absolute atomic E-state index is 9.86. The first-order chi connectivity index (χ1) is 10.2. The predicted octanol–water partition coefficient (Wildman–Crippen LogP) is 3.07. The maximum atomic E-state index is 9.86. The molecule has 0 spiro atoms. The fourth-order valence-corrected chi connectivity index (χ4v) is 0.868. The Morgan fingerprint density at radius 2 is 1.82 bits per heavy atom. The second-order valence-electron chi connectivity index (χ2n) is 4.35. The molecule has 1 aliphatic heterocycles. The van der Waals surface area contributed by atoms with Crippen molar-refractivity contribution in [3.05, 3.63) is 36.0 Å². The molecule has 22 heavy (non-hydrogen) atoms. The van der Waals surface area contributed by atoms with E-state index in [4.69, 9.17) is 14.9 Å². The minimum atomic E-state index is -0.900. The van der Waals surface area contributed by atoms with Crippen LogP contribution in [0.4, 0.5) is 0 Å². The molecule has 2 N–H and O–H groups in total. The Morgan fingerprint density at radius 3 is 1.91 bits per heavy atom. The van der Waals surface area contributed by atoms with Crippen molar-refractivity contribution in [2.75, 3.05) is 13.2 Å². The summed E-state index contributed by atoms with van der Waals surface area (Å²) in [4.78, 5) is 23.7. The minimum absolute atomic E-state index is 0.264. The minimum Gasteiger partial charge on any atom is -0.478 e. The van der Waals surface area contributed by atoms with Crippen LogP contribution in [-0.2, 0) is 14.3 Å². The standard InChI is InChI=1S/C6H9NO.2C5H8O2/c1-5(2)6-7-3-4-8-6;2*1-3-4(2)5(6)7/h1,3-4H2,2H3;3H,1-2H3,(H,6,7);2-3H2,1H3,(H,6,7). The summed E-state index contributed by atoms with van der Waals surface area (Å²) < 4.78 is 5.06. The first kappa shape index (κ1) is 21.9. The highest BCUT2D eigenvalue weighted by Gasteiger charge is 2.05. The molecular formula is C16H25NO5. The molecule has 0 atom stereocenters. The lowest BCUT2D eigenvalue weighted by Crippen LogP contribution is -1.97. The highest BCUT2D eigenvalue weighted by molar-refractivity contribution is 5.93. The van der Waals surface area contributed by atoms with E-state index in [-0.39, 0.29) is 5.57 Å². The molecule has 6 nitrogen and oxygen atoms in total. The van der Waals surface area contributed by atoms with Crippen LogP contribution in [0.5, 0.6) is 0 Å². The van der Waals surface area contributed by atoms with Crippen LogP contribution in [0.3, 0.4) is 0 Å². The first-order valence-electron chi connectivity index (χ1n) is 6.77. The highest BCUT2D eigenvalue weighted by atomic mass is 16.5. The summed E-state index contributed by atoms with van der Waals surface area (Å²) in [6.45, 7) is 15.4. The number of allylic oxidation sites excluding steroid dienone is 1. The average molecular weight is 311 g/mol. The Labute approximate surface area is 131 Å². The van der Waals surface area contributed by atoms with Crippen LogP contribution in [0, 0.1) is 0 Å². The summed E-state index contributed by atoms with van der Waals surface area (Å²) >= 11 is 0. The second kappa shape index (κ2) is 12.4. The molecule has 124 valence electrons. The van der Waals surface area contributed by atoms with E-state index in [1.807, 2.05) is 6.92 Å². The van der Waals surface area contributed by atoms with Crippen molar-refractivity contribution in [3.8, 4) is 0 Å². The number of aliphatic carboxylic acids is 2. The van der Waals surface area contributed by atoms with E-state index in [2.05, 4.69) is 18.2 Å². The number of ether oxygens (including phenoxy) is 1. The number of carbonyl (C=O) groups is 2. The number of rotatable bonds is 4. The molecule has 6 heteroatoms. The van der Waals surface area contributed by atoms with E-state index in [1.165, 1.54) is 0 Å². The zero-order valence-corrected chi connectivity index (χ0v) is 13.7. The average Bonchev–Trinajstić information content (AvgIpc) is 3.01. The fourth-order valence-electron chi connectivity index (χ4n) is 0.868. The van der Waals surface area contributed by atoms with Gasteiger partial charge in [0.15, 0.2) is 0 Å². The number of hydrogen-bond donors (Lipinski definition) is 2. The van der Waals surface area contributed by atoms with E-state index in [0.717, 1.165) is 24.6 Å². The van der Waals surface area contributed by atoms with Gasteiger partial charge in [-0.3, -0.25) is 0 Å². The van der Waals surface area contributed by atoms with Gasteiger partial charge in [-0.25, -0.2) is 14.6 Å². The molecule has 1 aliphatic rings. The Balaban J connectivity index is 0. The Kier molecular flexibility index (Phi) is 12.3. The lowest BCUT2D eigenvalue weighted by atomic mass is 10.2. The molecule has 1 heterocycles. The molecule has 0 saturated carbocycles. The molecule has 0 aliphatic carbocycles. The van der Waals surface area contributed by atoms with Crippen LogP contribution < -0.4 is 0 Å². The molecule has 0 fully saturated rings.